The molecule has 2 aromatic rings. The summed E-state index contributed by atoms with van der Waals surface area (Å²) in [5.41, 5.74) is 2.77. The molecule has 24 heavy (non-hydrogen) atoms. The molecule has 1 saturated heterocycles. The first kappa shape index (κ1) is 15.4. The number of aryl methyl sites for hydroxylation is 3. The van der Waals surface area contributed by atoms with Crippen LogP contribution in [0.15, 0.2) is 12.3 Å². The molecule has 4 rings (SSSR count). The third-order valence-electron chi connectivity index (χ3n) is 5.63. The minimum absolute atomic E-state index is 0.0455. The van der Waals surface area contributed by atoms with Gasteiger partial charge in [-0.2, -0.15) is 5.10 Å². The van der Waals surface area contributed by atoms with Crippen molar-refractivity contribution in [2.45, 2.75) is 51.5 Å². The molecule has 6 heteroatoms. The molecular weight excluding hydrogens is 302 g/mol. The van der Waals surface area contributed by atoms with Crippen molar-refractivity contribution in [2.75, 3.05) is 13.1 Å². The van der Waals surface area contributed by atoms with E-state index in [-0.39, 0.29) is 5.91 Å². The maximum atomic E-state index is 12.7. The average Bonchev–Trinajstić information content (AvgIpc) is 3.18. The van der Waals surface area contributed by atoms with Crippen molar-refractivity contribution in [2.24, 2.45) is 7.05 Å². The van der Waals surface area contributed by atoms with Crippen LogP contribution in [0.5, 0.6) is 0 Å². The number of likely N-dealkylation sites (tertiary alicyclic amines) is 1. The Bertz CT molecular complexity index is 751. The molecule has 0 radical (unpaired) electrons. The molecule has 0 N–H and O–H groups in total. The molecule has 1 unspecified atom stereocenters. The third kappa shape index (κ3) is 2.44. The monoisotopic (exact) mass is 327 g/mol. The van der Waals surface area contributed by atoms with Crippen LogP contribution in [0.3, 0.4) is 0 Å². The van der Waals surface area contributed by atoms with E-state index in [2.05, 4.69) is 21.6 Å². The number of hydrogen-bond acceptors (Lipinski definition) is 3. The fourth-order valence-electron chi connectivity index (χ4n) is 3.87. The van der Waals surface area contributed by atoms with Gasteiger partial charge in [-0.3, -0.25) is 9.48 Å². The van der Waals surface area contributed by atoms with Gasteiger partial charge < -0.3 is 9.47 Å². The maximum Gasteiger partial charge on any atom is 0.274 e. The van der Waals surface area contributed by atoms with Gasteiger partial charge in [0.05, 0.1) is 6.04 Å². The number of hydrogen-bond donors (Lipinski definition) is 0. The van der Waals surface area contributed by atoms with E-state index >= 15 is 0 Å². The van der Waals surface area contributed by atoms with E-state index in [9.17, 15) is 4.79 Å². The largest absolute Gasteiger partial charge is 0.335 e. The second-order valence-corrected chi connectivity index (χ2v) is 7.24. The van der Waals surface area contributed by atoms with E-state index < -0.39 is 0 Å². The van der Waals surface area contributed by atoms with Gasteiger partial charge in [0.2, 0.25) is 0 Å². The highest BCUT2D eigenvalue weighted by Gasteiger charge is 2.33. The number of amides is 1. The molecule has 0 aromatic carbocycles. The molecule has 6 nitrogen and oxygen atoms in total. The first-order valence-electron chi connectivity index (χ1n) is 8.88. The summed E-state index contributed by atoms with van der Waals surface area (Å²) < 4.78 is 4.15. The van der Waals surface area contributed by atoms with Gasteiger partial charge in [0.15, 0.2) is 5.69 Å². The standard InChI is InChI=1S/C18H25N5O/c1-12-9-16(20-21(12)3)18(24)22-8-7-15(11-22)23-13(2)10-19-17(23)14-5-4-6-14/h9-10,14-15H,4-8,11H2,1-3H3. The number of nitrogens with zero attached hydrogens (tertiary/aromatic N) is 5. The minimum Gasteiger partial charge on any atom is -0.335 e. The average molecular weight is 327 g/mol. The number of carbonyl (C=O) groups is 1. The van der Waals surface area contributed by atoms with Crippen LogP contribution in [0.1, 0.15) is 65.3 Å². The molecule has 1 amide bonds. The van der Waals surface area contributed by atoms with E-state index in [1.54, 1.807) is 4.68 Å². The summed E-state index contributed by atoms with van der Waals surface area (Å²) in [6.07, 6.45) is 6.79. The molecule has 3 heterocycles. The summed E-state index contributed by atoms with van der Waals surface area (Å²) in [6.45, 7) is 5.64. The lowest BCUT2D eigenvalue weighted by atomic mass is 9.84. The summed E-state index contributed by atoms with van der Waals surface area (Å²) in [5, 5.41) is 4.33. The third-order valence-corrected chi connectivity index (χ3v) is 5.63. The van der Waals surface area contributed by atoms with Gasteiger partial charge >= 0.3 is 0 Å². The second kappa shape index (κ2) is 5.76. The van der Waals surface area contributed by atoms with Crippen LogP contribution in [0.4, 0.5) is 0 Å². The molecule has 0 bridgehead atoms. The highest BCUT2D eigenvalue weighted by molar-refractivity contribution is 5.92. The number of rotatable bonds is 3. The van der Waals surface area contributed by atoms with Crippen LogP contribution in [-0.2, 0) is 7.05 Å². The van der Waals surface area contributed by atoms with Crippen LogP contribution >= 0.6 is 0 Å². The molecule has 1 atom stereocenters. The fourth-order valence-corrected chi connectivity index (χ4v) is 3.87. The zero-order chi connectivity index (χ0) is 16.8. The molecule has 0 spiro atoms. The summed E-state index contributed by atoms with van der Waals surface area (Å²) in [4.78, 5) is 19.3. The van der Waals surface area contributed by atoms with Gasteiger partial charge in [-0.05, 0) is 39.2 Å². The molecule has 128 valence electrons. The molecule has 2 aliphatic rings. The van der Waals surface area contributed by atoms with Crippen molar-refractivity contribution in [3.05, 3.63) is 35.2 Å². The zero-order valence-electron chi connectivity index (χ0n) is 14.7. The SMILES string of the molecule is Cc1cc(C(=O)N2CCC(n3c(C)cnc3C3CCC3)C2)nn1C. The highest BCUT2D eigenvalue weighted by atomic mass is 16.2. The minimum atomic E-state index is 0.0455. The van der Waals surface area contributed by atoms with Gasteiger partial charge in [0.1, 0.15) is 5.82 Å². The van der Waals surface area contributed by atoms with Crippen molar-refractivity contribution in [1.29, 1.82) is 0 Å². The Morgan fingerprint density at radius 1 is 1.21 bits per heavy atom. The van der Waals surface area contributed by atoms with Crippen LogP contribution in [0.2, 0.25) is 0 Å². The quantitative estimate of drug-likeness (QED) is 0.871. The van der Waals surface area contributed by atoms with Crippen LogP contribution < -0.4 is 0 Å². The Balaban J connectivity index is 1.52. The normalized spacial score (nSPS) is 21.3. The molecule has 2 fully saturated rings. The Morgan fingerprint density at radius 3 is 2.62 bits per heavy atom. The summed E-state index contributed by atoms with van der Waals surface area (Å²) in [7, 11) is 1.87. The van der Waals surface area contributed by atoms with E-state index in [0.717, 1.165) is 25.2 Å². The molecule has 2 aromatic heterocycles. The van der Waals surface area contributed by atoms with E-state index in [0.29, 0.717) is 17.7 Å². The predicted molar refractivity (Wildman–Crippen MR) is 91.1 cm³/mol. The molecular formula is C18H25N5O. The van der Waals surface area contributed by atoms with Gasteiger partial charge in [-0.25, -0.2) is 4.98 Å². The number of carbonyl (C=O) groups excluding carboxylic acids is 1. The lowest BCUT2D eigenvalue weighted by molar-refractivity contribution is 0.0780. The predicted octanol–water partition coefficient (Wildman–Crippen LogP) is 2.59. The van der Waals surface area contributed by atoms with Crippen molar-refractivity contribution in [3.63, 3.8) is 0 Å². The second-order valence-electron chi connectivity index (χ2n) is 7.24. The molecule has 1 aliphatic heterocycles. The lowest BCUT2D eigenvalue weighted by Gasteiger charge is -2.28. The van der Waals surface area contributed by atoms with Crippen molar-refractivity contribution in [3.8, 4) is 0 Å². The Labute approximate surface area is 142 Å². The topological polar surface area (TPSA) is 56.0 Å². The van der Waals surface area contributed by atoms with Gasteiger partial charge in [-0.1, -0.05) is 6.42 Å². The summed E-state index contributed by atoms with van der Waals surface area (Å²) in [6, 6.07) is 2.22. The Hall–Kier alpha value is -2.11. The first-order valence-corrected chi connectivity index (χ1v) is 8.88. The zero-order valence-corrected chi connectivity index (χ0v) is 14.7. The first-order chi connectivity index (χ1) is 11.5. The van der Waals surface area contributed by atoms with E-state index in [4.69, 9.17) is 0 Å². The lowest BCUT2D eigenvalue weighted by Crippen LogP contribution is -2.30. The van der Waals surface area contributed by atoms with Gasteiger partial charge in [-0.15, -0.1) is 0 Å². The Kier molecular flexibility index (Phi) is 3.70. The molecule has 1 saturated carbocycles. The van der Waals surface area contributed by atoms with Crippen molar-refractivity contribution >= 4 is 5.91 Å². The van der Waals surface area contributed by atoms with E-state index in [1.807, 2.05) is 31.1 Å². The number of aromatic nitrogens is 4. The van der Waals surface area contributed by atoms with Crippen LogP contribution in [-0.4, -0.2) is 43.2 Å². The smallest absolute Gasteiger partial charge is 0.274 e. The van der Waals surface area contributed by atoms with Crippen molar-refractivity contribution in [1.82, 2.24) is 24.2 Å². The molecule has 1 aliphatic carbocycles. The summed E-state index contributed by atoms with van der Waals surface area (Å²) >= 11 is 0. The van der Waals surface area contributed by atoms with Crippen LogP contribution in [0, 0.1) is 13.8 Å². The summed E-state index contributed by atoms with van der Waals surface area (Å²) in [5.74, 6) is 1.89. The Morgan fingerprint density at radius 2 is 2.00 bits per heavy atom. The van der Waals surface area contributed by atoms with Gasteiger partial charge in [0, 0.05) is 43.6 Å². The highest BCUT2D eigenvalue weighted by Crippen LogP contribution is 2.38. The van der Waals surface area contributed by atoms with Gasteiger partial charge in [0.25, 0.3) is 5.91 Å². The fraction of sp³-hybridized carbons (Fsp3) is 0.611. The number of imidazole rings is 1. The maximum absolute atomic E-state index is 12.7. The van der Waals surface area contributed by atoms with E-state index in [1.165, 1.54) is 30.8 Å². The van der Waals surface area contributed by atoms with Crippen LogP contribution in [0.25, 0.3) is 0 Å². The van der Waals surface area contributed by atoms with Crippen molar-refractivity contribution < 1.29 is 4.79 Å².